The van der Waals surface area contributed by atoms with Crippen molar-refractivity contribution >= 4 is 42.1 Å². The Balaban J connectivity index is 1.58. The van der Waals surface area contributed by atoms with Crippen molar-refractivity contribution in [3.63, 3.8) is 0 Å². The second-order valence-electron chi connectivity index (χ2n) is 6.10. The lowest BCUT2D eigenvalue weighted by molar-refractivity contribution is 0.0766. The summed E-state index contributed by atoms with van der Waals surface area (Å²) >= 11 is 17.8. The van der Waals surface area contributed by atoms with Crippen molar-refractivity contribution < 1.29 is 14.0 Å². The quantitative estimate of drug-likeness (QED) is 0.355. The zero-order valence-electron chi connectivity index (χ0n) is 15.0. The average molecular weight is 436 g/mol. The van der Waals surface area contributed by atoms with Crippen molar-refractivity contribution in [3.8, 4) is 0 Å². The summed E-state index contributed by atoms with van der Waals surface area (Å²) in [6.07, 6.45) is 0. The van der Waals surface area contributed by atoms with Crippen LogP contribution in [0.4, 0.5) is 0 Å². The van der Waals surface area contributed by atoms with E-state index in [1.807, 2.05) is 72.8 Å². The van der Waals surface area contributed by atoms with E-state index >= 15 is 0 Å². The maximum atomic E-state index is 5.92. The van der Waals surface area contributed by atoms with Crippen LogP contribution in [0.25, 0.3) is 0 Å². The first-order valence-corrected chi connectivity index (χ1v) is 9.80. The van der Waals surface area contributed by atoms with Crippen molar-refractivity contribution in [3.05, 3.63) is 105 Å². The van der Waals surface area contributed by atoms with Gasteiger partial charge in [0.1, 0.15) is 0 Å². The molecule has 0 spiro atoms. The van der Waals surface area contributed by atoms with Crippen molar-refractivity contribution in [2.45, 2.75) is 19.8 Å². The van der Waals surface area contributed by atoms with Crippen LogP contribution in [-0.4, -0.2) is 7.32 Å². The van der Waals surface area contributed by atoms with Gasteiger partial charge in [-0.3, -0.25) is 0 Å². The number of rotatable bonds is 9. The maximum Gasteiger partial charge on any atom is 0.640 e. The van der Waals surface area contributed by atoms with Crippen LogP contribution in [0.1, 0.15) is 16.7 Å². The highest BCUT2D eigenvalue weighted by Gasteiger charge is 2.22. The first-order valence-electron chi connectivity index (χ1n) is 8.66. The first-order chi connectivity index (χ1) is 13.6. The minimum absolute atomic E-state index is 0.336. The SMILES string of the molecule is Clc1ccc(COB(OCc2ccc(Cl)cc2)OCc2ccc(Cl)cc2)cc1. The predicted molar refractivity (Wildman–Crippen MR) is 114 cm³/mol. The van der Waals surface area contributed by atoms with E-state index in [2.05, 4.69) is 0 Å². The standard InChI is InChI=1S/C21H18BCl3O3/c23-19-7-1-16(2-8-19)13-26-22(27-14-17-3-9-20(24)10-4-17)28-15-18-5-11-21(25)12-6-18/h1-12H,13-15H2. The fourth-order valence-electron chi connectivity index (χ4n) is 2.38. The van der Waals surface area contributed by atoms with Gasteiger partial charge in [0, 0.05) is 15.1 Å². The van der Waals surface area contributed by atoms with Crippen molar-refractivity contribution in [1.29, 1.82) is 0 Å². The Kier molecular flexibility index (Phi) is 8.22. The topological polar surface area (TPSA) is 27.7 Å². The Morgan fingerprint density at radius 1 is 0.464 bits per heavy atom. The smallest absolute Gasteiger partial charge is 0.382 e. The van der Waals surface area contributed by atoms with Crippen LogP contribution in [0.15, 0.2) is 72.8 Å². The minimum atomic E-state index is -0.831. The van der Waals surface area contributed by atoms with Gasteiger partial charge >= 0.3 is 7.32 Å². The summed E-state index contributed by atoms with van der Waals surface area (Å²) in [5, 5.41) is 2.04. The predicted octanol–water partition coefficient (Wildman–Crippen LogP) is 6.58. The van der Waals surface area contributed by atoms with Crippen LogP contribution in [0.3, 0.4) is 0 Å². The molecular formula is C21H18BCl3O3. The lowest BCUT2D eigenvalue weighted by atomic mass is 10.1. The molecule has 0 amide bonds. The van der Waals surface area contributed by atoms with E-state index in [9.17, 15) is 0 Å². The molecule has 3 aromatic rings. The molecule has 0 unspecified atom stereocenters. The third kappa shape index (κ3) is 7.14. The molecule has 3 rings (SSSR count). The van der Waals surface area contributed by atoms with Crippen LogP contribution in [-0.2, 0) is 33.8 Å². The van der Waals surface area contributed by atoms with E-state index < -0.39 is 7.32 Å². The van der Waals surface area contributed by atoms with Crippen molar-refractivity contribution in [2.24, 2.45) is 0 Å². The number of halogens is 3. The van der Waals surface area contributed by atoms with Crippen LogP contribution in [0.2, 0.25) is 15.1 Å². The fraction of sp³-hybridized carbons (Fsp3) is 0.143. The maximum absolute atomic E-state index is 5.92. The molecule has 28 heavy (non-hydrogen) atoms. The van der Waals surface area contributed by atoms with Gasteiger partial charge in [0.05, 0.1) is 19.8 Å². The second kappa shape index (κ2) is 10.9. The van der Waals surface area contributed by atoms with E-state index in [4.69, 9.17) is 48.8 Å². The summed E-state index contributed by atoms with van der Waals surface area (Å²) in [7, 11) is -0.831. The monoisotopic (exact) mass is 434 g/mol. The normalized spacial score (nSPS) is 10.8. The largest absolute Gasteiger partial charge is 0.640 e. The summed E-state index contributed by atoms with van der Waals surface area (Å²) in [4.78, 5) is 0. The molecule has 0 atom stereocenters. The van der Waals surface area contributed by atoms with Gasteiger partial charge in [-0.05, 0) is 53.1 Å². The molecule has 0 bridgehead atoms. The van der Waals surface area contributed by atoms with Crippen molar-refractivity contribution in [1.82, 2.24) is 0 Å². The summed E-state index contributed by atoms with van der Waals surface area (Å²) in [6, 6.07) is 22.3. The Hall–Kier alpha value is -1.53. The van der Waals surface area contributed by atoms with Gasteiger partial charge in [0.2, 0.25) is 0 Å². The van der Waals surface area contributed by atoms with Crippen molar-refractivity contribution in [2.75, 3.05) is 0 Å². The number of hydrogen-bond donors (Lipinski definition) is 0. The second-order valence-corrected chi connectivity index (χ2v) is 7.41. The zero-order chi connectivity index (χ0) is 19.8. The average Bonchev–Trinajstić information content (AvgIpc) is 2.71. The highest BCUT2D eigenvalue weighted by molar-refractivity contribution is 6.36. The van der Waals surface area contributed by atoms with E-state index in [0.29, 0.717) is 34.9 Å². The van der Waals surface area contributed by atoms with Crippen LogP contribution in [0.5, 0.6) is 0 Å². The minimum Gasteiger partial charge on any atom is -0.382 e. The van der Waals surface area contributed by atoms with Gasteiger partial charge in [0.15, 0.2) is 0 Å². The molecule has 0 aliphatic heterocycles. The van der Waals surface area contributed by atoms with E-state index in [-0.39, 0.29) is 0 Å². The molecule has 0 heterocycles. The zero-order valence-corrected chi connectivity index (χ0v) is 17.3. The molecule has 3 nitrogen and oxygen atoms in total. The molecule has 0 fully saturated rings. The molecule has 0 aliphatic rings. The Labute approximate surface area is 180 Å². The summed E-state index contributed by atoms with van der Waals surface area (Å²) in [5.41, 5.74) is 2.92. The number of hydrogen-bond acceptors (Lipinski definition) is 3. The molecule has 0 aliphatic carbocycles. The Morgan fingerprint density at radius 3 is 0.964 bits per heavy atom. The van der Waals surface area contributed by atoms with Crippen LogP contribution in [0, 0.1) is 0 Å². The van der Waals surface area contributed by atoms with E-state index in [0.717, 1.165) is 16.7 Å². The highest BCUT2D eigenvalue weighted by Crippen LogP contribution is 2.15. The lowest BCUT2D eigenvalue weighted by Crippen LogP contribution is -2.27. The Bertz CT molecular complexity index is 738. The third-order valence-corrected chi connectivity index (χ3v) is 4.65. The lowest BCUT2D eigenvalue weighted by Gasteiger charge is -2.15. The van der Waals surface area contributed by atoms with Gasteiger partial charge in [-0.25, -0.2) is 0 Å². The molecule has 0 radical (unpaired) electrons. The molecule has 3 aromatic carbocycles. The molecule has 0 saturated heterocycles. The van der Waals surface area contributed by atoms with Crippen LogP contribution < -0.4 is 0 Å². The Morgan fingerprint density at radius 2 is 0.714 bits per heavy atom. The molecule has 144 valence electrons. The molecule has 7 heteroatoms. The van der Waals surface area contributed by atoms with Gasteiger partial charge < -0.3 is 14.0 Å². The highest BCUT2D eigenvalue weighted by atomic mass is 35.5. The molecule has 0 N–H and O–H groups in total. The van der Waals surface area contributed by atoms with Gasteiger partial charge in [-0.1, -0.05) is 71.2 Å². The summed E-state index contributed by atoms with van der Waals surface area (Å²) in [5.74, 6) is 0. The number of benzene rings is 3. The summed E-state index contributed by atoms with van der Waals surface area (Å²) < 4.78 is 17.5. The van der Waals surface area contributed by atoms with Gasteiger partial charge in [0.25, 0.3) is 0 Å². The third-order valence-electron chi connectivity index (χ3n) is 3.90. The fourth-order valence-corrected chi connectivity index (χ4v) is 2.76. The van der Waals surface area contributed by atoms with Gasteiger partial charge in [-0.2, -0.15) is 0 Å². The molecular weight excluding hydrogens is 417 g/mol. The van der Waals surface area contributed by atoms with Crippen LogP contribution >= 0.6 is 34.8 Å². The summed E-state index contributed by atoms with van der Waals surface area (Å²) in [6.45, 7) is 1.01. The molecule has 0 aromatic heterocycles. The van der Waals surface area contributed by atoms with E-state index in [1.165, 1.54) is 0 Å². The molecule has 0 saturated carbocycles. The van der Waals surface area contributed by atoms with E-state index in [1.54, 1.807) is 0 Å². The first kappa shape index (κ1) is 21.2. The van der Waals surface area contributed by atoms with Gasteiger partial charge in [-0.15, -0.1) is 0 Å².